The Balaban J connectivity index is 1.04. The summed E-state index contributed by atoms with van der Waals surface area (Å²) in [6.45, 7) is 0.611. The summed E-state index contributed by atoms with van der Waals surface area (Å²) in [6, 6.07) is 59.7. The van der Waals surface area contributed by atoms with Crippen LogP contribution < -0.4 is 4.74 Å². The van der Waals surface area contributed by atoms with Crippen LogP contribution in [0.1, 0.15) is 29.9 Å². The standard InChI is InChI=1S/C53H37N3OS/c1-4-13-34(14-5-1)35-23-25-38(26-24-35)52-54-51(37-17-8-3-9-18-37)55-53(56-52)45-20-12-21-46-49(45)42-28-27-40(33-39(42)31-32-57-46)48-41(36-15-6-2-7-16-36)29-30-44-43-19-10-11-22-47(43)58-50(44)48/h1-30,40H,31-33H2. The van der Waals surface area contributed by atoms with E-state index >= 15 is 0 Å². The highest BCUT2D eigenvalue weighted by atomic mass is 32.1. The lowest BCUT2D eigenvalue weighted by Gasteiger charge is -2.25. The van der Waals surface area contributed by atoms with Crippen LogP contribution in [0.5, 0.6) is 5.75 Å². The van der Waals surface area contributed by atoms with Crippen molar-refractivity contribution in [1.29, 1.82) is 0 Å². The summed E-state index contributed by atoms with van der Waals surface area (Å²) in [7, 11) is 0. The second kappa shape index (κ2) is 14.5. The number of aromatic nitrogens is 3. The molecule has 3 heterocycles. The highest BCUT2D eigenvalue weighted by Crippen LogP contribution is 2.49. The molecular weight excluding hydrogens is 727 g/mol. The minimum atomic E-state index is 0.201. The summed E-state index contributed by atoms with van der Waals surface area (Å²) in [5.74, 6) is 2.96. The fraction of sp³-hybridized carbons (Fsp3) is 0.0755. The molecule has 0 saturated carbocycles. The van der Waals surface area contributed by atoms with E-state index in [1.807, 2.05) is 35.6 Å². The van der Waals surface area contributed by atoms with E-state index in [1.54, 1.807) is 0 Å². The molecule has 0 fully saturated rings. The first-order valence-corrected chi connectivity index (χ1v) is 20.7. The first kappa shape index (κ1) is 34.3. The van der Waals surface area contributed by atoms with E-state index < -0.39 is 0 Å². The van der Waals surface area contributed by atoms with Crippen LogP contribution in [-0.4, -0.2) is 21.6 Å². The molecule has 7 aromatic carbocycles. The van der Waals surface area contributed by atoms with Gasteiger partial charge in [-0.1, -0.05) is 175 Å². The summed E-state index contributed by atoms with van der Waals surface area (Å²) in [4.78, 5) is 15.5. The second-order valence-electron chi connectivity index (χ2n) is 14.9. The first-order valence-electron chi connectivity index (χ1n) is 19.9. The van der Waals surface area contributed by atoms with Crippen molar-refractivity contribution in [3.8, 4) is 62.2 Å². The molecular formula is C53H37N3OS. The van der Waals surface area contributed by atoms with Crippen molar-refractivity contribution in [3.63, 3.8) is 0 Å². The average molecular weight is 764 g/mol. The van der Waals surface area contributed by atoms with E-state index in [0.717, 1.165) is 46.4 Å². The highest BCUT2D eigenvalue weighted by molar-refractivity contribution is 7.26. The van der Waals surface area contributed by atoms with Gasteiger partial charge in [0.15, 0.2) is 17.5 Å². The molecule has 0 N–H and O–H groups in total. The molecule has 1 aliphatic heterocycles. The lowest BCUT2D eigenvalue weighted by Crippen LogP contribution is -2.07. The van der Waals surface area contributed by atoms with E-state index in [4.69, 9.17) is 19.7 Å². The molecule has 0 amide bonds. The van der Waals surface area contributed by atoms with Crippen LogP contribution in [-0.2, 0) is 0 Å². The Morgan fingerprint density at radius 1 is 0.500 bits per heavy atom. The van der Waals surface area contributed by atoms with Gasteiger partial charge >= 0.3 is 0 Å². The average Bonchev–Trinajstić information content (AvgIpc) is 3.57. The lowest BCUT2D eigenvalue weighted by molar-refractivity contribution is 0.322. The van der Waals surface area contributed by atoms with Crippen LogP contribution in [0, 0.1) is 0 Å². The molecule has 0 bridgehead atoms. The SMILES string of the molecule is C1=CC(c2c(-c3ccccc3)ccc3c2sc2ccccc23)CC2=C1c1c(cccc1-c1nc(-c3ccccc3)nc(-c3ccc(-c4ccccc4)cc3)n1)OCC2. The van der Waals surface area contributed by atoms with E-state index in [1.165, 1.54) is 53.6 Å². The summed E-state index contributed by atoms with van der Waals surface area (Å²) in [5.41, 5.74) is 12.7. The lowest BCUT2D eigenvalue weighted by atomic mass is 9.78. The third kappa shape index (κ3) is 6.12. The quantitative estimate of drug-likeness (QED) is 0.169. The Morgan fingerprint density at radius 3 is 1.88 bits per heavy atom. The first-order chi connectivity index (χ1) is 28.7. The fourth-order valence-corrected chi connectivity index (χ4v) is 10.0. The smallest absolute Gasteiger partial charge is 0.164 e. The van der Waals surface area contributed by atoms with Gasteiger partial charge in [0.25, 0.3) is 0 Å². The van der Waals surface area contributed by atoms with Gasteiger partial charge in [0.2, 0.25) is 0 Å². The number of nitrogens with zero attached hydrogens (tertiary/aromatic N) is 3. The summed E-state index contributed by atoms with van der Waals surface area (Å²) >= 11 is 1.91. The molecule has 0 spiro atoms. The van der Waals surface area contributed by atoms with E-state index in [9.17, 15) is 0 Å². The second-order valence-corrected chi connectivity index (χ2v) is 16.0. The maximum Gasteiger partial charge on any atom is 0.164 e. The topological polar surface area (TPSA) is 47.9 Å². The third-order valence-electron chi connectivity index (χ3n) is 11.5. The minimum absolute atomic E-state index is 0.201. The number of hydrogen-bond donors (Lipinski definition) is 0. The Labute approximate surface area is 341 Å². The van der Waals surface area contributed by atoms with Crippen LogP contribution in [0.4, 0.5) is 0 Å². The van der Waals surface area contributed by atoms with Crippen molar-refractivity contribution >= 4 is 37.1 Å². The van der Waals surface area contributed by atoms with Gasteiger partial charge in [-0.25, -0.2) is 15.0 Å². The number of hydrogen-bond acceptors (Lipinski definition) is 5. The Hall–Kier alpha value is -6.95. The van der Waals surface area contributed by atoms with Gasteiger partial charge in [-0.2, -0.15) is 0 Å². The molecule has 1 atom stereocenters. The molecule has 11 rings (SSSR count). The Kier molecular flexibility index (Phi) is 8.59. The minimum Gasteiger partial charge on any atom is -0.493 e. The zero-order valence-corrected chi connectivity index (χ0v) is 32.5. The largest absolute Gasteiger partial charge is 0.493 e. The third-order valence-corrected chi connectivity index (χ3v) is 12.7. The molecule has 58 heavy (non-hydrogen) atoms. The van der Waals surface area contributed by atoms with Crippen LogP contribution in [0.3, 0.4) is 0 Å². The van der Waals surface area contributed by atoms with Gasteiger partial charge in [-0.05, 0) is 51.9 Å². The van der Waals surface area contributed by atoms with Crippen molar-refractivity contribution in [2.24, 2.45) is 0 Å². The highest BCUT2D eigenvalue weighted by Gasteiger charge is 2.29. The van der Waals surface area contributed by atoms with Crippen molar-refractivity contribution < 1.29 is 4.74 Å². The molecule has 0 radical (unpaired) electrons. The van der Waals surface area contributed by atoms with Crippen molar-refractivity contribution in [2.45, 2.75) is 18.8 Å². The van der Waals surface area contributed by atoms with Gasteiger partial charge in [-0.3, -0.25) is 0 Å². The Morgan fingerprint density at radius 2 is 1.12 bits per heavy atom. The predicted octanol–water partition coefficient (Wildman–Crippen LogP) is 13.9. The van der Waals surface area contributed by atoms with Crippen molar-refractivity contribution in [2.75, 3.05) is 6.61 Å². The molecule has 1 unspecified atom stereocenters. The number of ether oxygens (including phenoxy) is 1. The zero-order chi connectivity index (χ0) is 38.4. The van der Waals surface area contributed by atoms with Crippen LogP contribution in [0.2, 0.25) is 0 Å². The van der Waals surface area contributed by atoms with Gasteiger partial charge in [0.05, 0.1) is 6.61 Å². The van der Waals surface area contributed by atoms with Gasteiger partial charge < -0.3 is 4.74 Å². The van der Waals surface area contributed by atoms with Crippen LogP contribution in [0.25, 0.3) is 82.2 Å². The van der Waals surface area contributed by atoms with Gasteiger partial charge in [-0.15, -0.1) is 11.3 Å². The Bertz CT molecular complexity index is 3040. The summed E-state index contributed by atoms with van der Waals surface area (Å²) in [5, 5.41) is 2.65. The molecule has 276 valence electrons. The summed E-state index contributed by atoms with van der Waals surface area (Å²) < 4.78 is 9.28. The van der Waals surface area contributed by atoms with E-state index in [0.29, 0.717) is 24.1 Å². The molecule has 0 saturated heterocycles. The molecule has 5 heteroatoms. The maximum atomic E-state index is 6.59. The molecule has 1 aliphatic carbocycles. The van der Waals surface area contributed by atoms with Crippen LogP contribution in [0.15, 0.2) is 188 Å². The molecule has 4 nitrogen and oxygen atoms in total. The van der Waals surface area contributed by atoms with Gasteiger partial charge in [0, 0.05) is 54.8 Å². The zero-order valence-electron chi connectivity index (χ0n) is 31.7. The monoisotopic (exact) mass is 763 g/mol. The normalized spacial score (nSPS) is 14.9. The molecule has 2 aliphatic rings. The van der Waals surface area contributed by atoms with Gasteiger partial charge in [0.1, 0.15) is 5.75 Å². The van der Waals surface area contributed by atoms with E-state index in [-0.39, 0.29) is 5.92 Å². The van der Waals surface area contributed by atoms with Crippen LogP contribution >= 0.6 is 11.3 Å². The fourth-order valence-electron chi connectivity index (χ4n) is 8.70. The number of rotatable bonds is 6. The molecule has 2 aromatic heterocycles. The number of allylic oxidation sites excluding steroid dienone is 3. The molecule has 9 aromatic rings. The van der Waals surface area contributed by atoms with Crippen molar-refractivity contribution in [1.82, 2.24) is 15.0 Å². The number of thiophene rings is 1. The number of benzene rings is 7. The summed E-state index contributed by atoms with van der Waals surface area (Å²) in [6.07, 6.45) is 6.53. The van der Waals surface area contributed by atoms with E-state index in [2.05, 4.69) is 158 Å². The maximum absolute atomic E-state index is 6.59. The van der Waals surface area contributed by atoms with Crippen molar-refractivity contribution in [3.05, 3.63) is 199 Å². The predicted molar refractivity (Wildman–Crippen MR) is 240 cm³/mol. The number of fused-ring (bicyclic) bond motifs is 5.